The van der Waals surface area contributed by atoms with Crippen molar-refractivity contribution in [2.24, 2.45) is 11.8 Å². The quantitative estimate of drug-likeness (QED) is 0.737. The molecule has 2 bridgehead atoms. The minimum absolute atomic E-state index is 0.159. The number of benzene rings is 1. The van der Waals surface area contributed by atoms with Gasteiger partial charge in [0.1, 0.15) is 6.54 Å². The molecule has 8 nitrogen and oxygen atoms in total. The second-order valence-electron chi connectivity index (χ2n) is 8.91. The normalized spacial score (nSPS) is 26.6. The van der Waals surface area contributed by atoms with E-state index in [1.54, 1.807) is 12.5 Å². The molecule has 4 atom stereocenters. The van der Waals surface area contributed by atoms with Crippen LogP contribution in [-0.2, 0) is 27.3 Å². The largest absolute Gasteiger partial charge is 0.483 e. The van der Waals surface area contributed by atoms with E-state index in [1.165, 1.54) is 5.56 Å². The van der Waals surface area contributed by atoms with E-state index < -0.39 is 0 Å². The van der Waals surface area contributed by atoms with Gasteiger partial charge in [-0.05, 0) is 43.1 Å². The number of carbonyl (C=O) groups is 3. The molecule has 0 spiro atoms. The lowest BCUT2D eigenvalue weighted by molar-refractivity contribution is -0.156. The molecule has 0 aliphatic carbocycles. The smallest absolute Gasteiger partial charge is 0.290 e. The topological polar surface area (TPSA) is 95.7 Å². The molecule has 170 valence electrons. The molecule has 8 heteroatoms. The first-order valence-electron chi connectivity index (χ1n) is 11.3. The summed E-state index contributed by atoms with van der Waals surface area (Å²) in [7, 11) is 0. The van der Waals surface area contributed by atoms with Crippen LogP contribution in [0.3, 0.4) is 0 Å². The lowest BCUT2D eigenvalue weighted by atomic mass is 9.70. The zero-order valence-corrected chi connectivity index (χ0v) is 18.1. The highest BCUT2D eigenvalue weighted by atomic mass is 16.3. The third-order valence-corrected chi connectivity index (χ3v) is 7.01. The van der Waals surface area contributed by atoms with Gasteiger partial charge in [0.2, 0.25) is 11.8 Å². The molecule has 0 unspecified atom stereocenters. The fraction of sp³-hybridized carbons (Fsp3) is 0.500. The van der Waals surface area contributed by atoms with Crippen molar-refractivity contribution in [1.29, 1.82) is 0 Å². The van der Waals surface area contributed by atoms with Crippen molar-refractivity contribution in [2.45, 2.75) is 50.7 Å². The maximum atomic E-state index is 13.0. The van der Waals surface area contributed by atoms with Crippen molar-refractivity contribution in [3.8, 4) is 0 Å². The number of nitrogens with zero attached hydrogens (tertiary/aromatic N) is 4. The molecule has 3 fully saturated rings. The molecule has 3 aliphatic rings. The number of carboxylic acid groups (broad SMARTS) is 1. The first-order chi connectivity index (χ1) is 15.6. The van der Waals surface area contributed by atoms with Crippen molar-refractivity contribution in [3.63, 3.8) is 0 Å². The molecule has 32 heavy (non-hydrogen) atoms. The van der Waals surface area contributed by atoms with Gasteiger partial charge in [-0.15, -0.1) is 0 Å². The Morgan fingerprint density at radius 3 is 2.66 bits per heavy atom. The molecular formula is C24H30N4O4. The Hall–Kier alpha value is -3.16. The summed E-state index contributed by atoms with van der Waals surface area (Å²) in [6.07, 6.45) is 9.96. The summed E-state index contributed by atoms with van der Waals surface area (Å²) >= 11 is 0. The monoisotopic (exact) mass is 438 g/mol. The SMILES string of the molecule is O=C(Cn1ccnc1)N1C[C@H]2C[C@@H](C1)[C@H](Cc1ccccc1)N1C(=O)CCC[C@@H]21.O=CO. The molecule has 2 aromatic rings. The molecule has 1 aromatic carbocycles. The van der Waals surface area contributed by atoms with E-state index in [4.69, 9.17) is 9.90 Å². The van der Waals surface area contributed by atoms with Crippen LogP contribution in [0.1, 0.15) is 31.2 Å². The lowest BCUT2D eigenvalue weighted by Crippen LogP contribution is -2.66. The zero-order chi connectivity index (χ0) is 22.5. The summed E-state index contributed by atoms with van der Waals surface area (Å²) < 4.78 is 1.84. The Kier molecular flexibility index (Phi) is 6.87. The number of likely N-dealkylation sites (tertiary alicyclic amines) is 1. The van der Waals surface area contributed by atoms with E-state index in [0.29, 0.717) is 30.7 Å². The summed E-state index contributed by atoms with van der Waals surface area (Å²) in [4.78, 5) is 42.6. The van der Waals surface area contributed by atoms with Crippen LogP contribution in [0.25, 0.3) is 0 Å². The molecule has 0 saturated carbocycles. The fourth-order valence-corrected chi connectivity index (χ4v) is 5.73. The van der Waals surface area contributed by atoms with E-state index in [0.717, 1.165) is 38.8 Å². The van der Waals surface area contributed by atoms with Crippen LogP contribution in [0, 0.1) is 11.8 Å². The first-order valence-corrected chi connectivity index (χ1v) is 11.3. The standard InChI is InChI=1S/C23H28N4O2.CH2O2/c28-22-8-4-7-20-18-12-19(21(27(20)22)11-17-5-2-1-3-6-17)14-26(13-18)23(29)15-25-10-9-24-16-25;2-1-3/h1-3,5-6,9-10,16,18-21H,4,7-8,11-15H2;1H,(H,2,3)/t18-,19+,20+,21+;/m1./s1. The third kappa shape index (κ3) is 4.69. The van der Waals surface area contributed by atoms with Crippen LogP contribution in [0.2, 0.25) is 0 Å². The maximum Gasteiger partial charge on any atom is 0.290 e. The third-order valence-electron chi connectivity index (χ3n) is 7.01. The Balaban J connectivity index is 0.000000775. The van der Waals surface area contributed by atoms with Gasteiger partial charge in [-0.1, -0.05) is 30.3 Å². The highest BCUT2D eigenvalue weighted by molar-refractivity contribution is 5.78. The number of amides is 2. The molecule has 4 heterocycles. The highest BCUT2D eigenvalue weighted by Gasteiger charge is 2.49. The minimum Gasteiger partial charge on any atom is -0.483 e. The number of hydrogen-bond donors (Lipinski definition) is 1. The van der Waals surface area contributed by atoms with Gasteiger partial charge in [0.15, 0.2) is 0 Å². The van der Waals surface area contributed by atoms with Gasteiger partial charge in [-0.2, -0.15) is 0 Å². The van der Waals surface area contributed by atoms with E-state index in [-0.39, 0.29) is 24.5 Å². The van der Waals surface area contributed by atoms with E-state index in [9.17, 15) is 9.59 Å². The maximum absolute atomic E-state index is 13.0. The van der Waals surface area contributed by atoms with Gasteiger partial charge < -0.3 is 19.5 Å². The first kappa shape index (κ1) is 22.0. The zero-order valence-electron chi connectivity index (χ0n) is 18.1. The van der Waals surface area contributed by atoms with Gasteiger partial charge in [0.05, 0.1) is 6.33 Å². The van der Waals surface area contributed by atoms with Gasteiger partial charge in [-0.3, -0.25) is 14.4 Å². The fourth-order valence-electron chi connectivity index (χ4n) is 5.73. The average Bonchev–Trinajstić information content (AvgIpc) is 3.31. The van der Waals surface area contributed by atoms with Gasteiger partial charge >= 0.3 is 0 Å². The summed E-state index contributed by atoms with van der Waals surface area (Å²) in [5, 5.41) is 6.89. The van der Waals surface area contributed by atoms with Gasteiger partial charge in [0, 0.05) is 44.0 Å². The van der Waals surface area contributed by atoms with Gasteiger partial charge in [-0.25, -0.2) is 4.98 Å². The van der Waals surface area contributed by atoms with Crippen molar-refractivity contribution >= 4 is 18.3 Å². The Morgan fingerprint density at radius 1 is 1.19 bits per heavy atom. The number of carbonyl (C=O) groups excluding carboxylic acids is 2. The van der Waals surface area contributed by atoms with E-state index >= 15 is 0 Å². The molecule has 3 aliphatic heterocycles. The number of aromatic nitrogens is 2. The highest BCUT2D eigenvalue weighted by Crippen LogP contribution is 2.42. The van der Waals surface area contributed by atoms with Crippen LogP contribution < -0.4 is 0 Å². The number of fused-ring (bicyclic) bond motifs is 4. The number of piperidine rings is 3. The predicted octanol–water partition coefficient (Wildman–Crippen LogP) is 2.05. The van der Waals surface area contributed by atoms with Gasteiger partial charge in [0.25, 0.3) is 6.47 Å². The molecule has 1 N–H and O–H groups in total. The summed E-state index contributed by atoms with van der Waals surface area (Å²) in [6.45, 7) is 1.62. The number of rotatable bonds is 4. The molecule has 2 amide bonds. The van der Waals surface area contributed by atoms with Crippen LogP contribution in [-0.4, -0.2) is 67.9 Å². The molecule has 0 radical (unpaired) electrons. The molecular weight excluding hydrogens is 408 g/mol. The van der Waals surface area contributed by atoms with Crippen LogP contribution in [0.4, 0.5) is 0 Å². The number of imidazole rings is 1. The number of hydrogen-bond acceptors (Lipinski definition) is 4. The van der Waals surface area contributed by atoms with Crippen molar-refractivity contribution in [3.05, 3.63) is 54.6 Å². The average molecular weight is 439 g/mol. The Bertz CT molecular complexity index is 917. The van der Waals surface area contributed by atoms with Crippen molar-refractivity contribution < 1.29 is 19.5 Å². The van der Waals surface area contributed by atoms with E-state index in [2.05, 4.69) is 34.1 Å². The summed E-state index contributed by atoms with van der Waals surface area (Å²) in [5.74, 6) is 1.22. The second-order valence-corrected chi connectivity index (χ2v) is 8.91. The lowest BCUT2D eigenvalue weighted by Gasteiger charge is -2.56. The van der Waals surface area contributed by atoms with Crippen LogP contribution >= 0.6 is 0 Å². The van der Waals surface area contributed by atoms with Crippen LogP contribution in [0.5, 0.6) is 0 Å². The Morgan fingerprint density at radius 2 is 1.94 bits per heavy atom. The minimum atomic E-state index is -0.250. The van der Waals surface area contributed by atoms with E-state index in [1.807, 2.05) is 21.7 Å². The van der Waals surface area contributed by atoms with Crippen molar-refractivity contribution in [1.82, 2.24) is 19.4 Å². The van der Waals surface area contributed by atoms with Crippen LogP contribution in [0.15, 0.2) is 49.1 Å². The predicted molar refractivity (Wildman–Crippen MR) is 118 cm³/mol. The second kappa shape index (κ2) is 9.97. The van der Waals surface area contributed by atoms with Crippen molar-refractivity contribution in [2.75, 3.05) is 13.1 Å². The molecule has 5 rings (SSSR count). The summed E-state index contributed by atoms with van der Waals surface area (Å²) in [6, 6.07) is 10.9. The Labute approximate surface area is 187 Å². The summed E-state index contributed by atoms with van der Waals surface area (Å²) in [5.41, 5.74) is 1.27. The molecule has 1 aromatic heterocycles. The molecule has 3 saturated heterocycles.